The minimum Gasteiger partial charge on any atom is -0.331 e. The third kappa shape index (κ3) is 3.24. The van der Waals surface area contributed by atoms with E-state index in [9.17, 15) is 13.6 Å². The van der Waals surface area contributed by atoms with Gasteiger partial charge < -0.3 is 4.90 Å². The molecular formula is C13H13F2NO. The maximum Gasteiger partial charge on any atom is 0.254 e. The predicted octanol–water partition coefficient (Wildman–Crippen LogP) is 2.78. The van der Waals surface area contributed by atoms with Gasteiger partial charge in [-0.25, -0.2) is 8.78 Å². The van der Waals surface area contributed by atoms with E-state index in [4.69, 9.17) is 0 Å². The van der Waals surface area contributed by atoms with Crippen LogP contribution < -0.4 is 0 Å². The minimum absolute atomic E-state index is 0.104. The third-order valence-electron chi connectivity index (χ3n) is 2.15. The molecule has 0 saturated heterocycles. The van der Waals surface area contributed by atoms with Crippen LogP contribution in [0.2, 0.25) is 0 Å². The second-order valence-electron chi connectivity index (χ2n) is 3.42. The number of benzene rings is 1. The average molecular weight is 237 g/mol. The number of hydrogen-bond acceptors (Lipinski definition) is 1. The first-order valence-electron chi connectivity index (χ1n) is 5.06. The van der Waals surface area contributed by atoms with Crippen LogP contribution in [0.3, 0.4) is 0 Å². The summed E-state index contributed by atoms with van der Waals surface area (Å²) in [5.41, 5.74) is 0.104. The summed E-state index contributed by atoms with van der Waals surface area (Å²) < 4.78 is 25.7. The van der Waals surface area contributed by atoms with Crippen LogP contribution in [0.5, 0.6) is 0 Å². The Morgan fingerprint density at radius 1 is 1.18 bits per heavy atom. The molecule has 0 atom stereocenters. The summed E-state index contributed by atoms with van der Waals surface area (Å²) >= 11 is 0. The Labute approximate surface area is 98.9 Å². The van der Waals surface area contributed by atoms with Gasteiger partial charge in [-0.05, 0) is 18.2 Å². The van der Waals surface area contributed by atoms with Crippen molar-refractivity contribution in [1.29, 1.82) is 0 Å². The van der Waals surface area contributed by atoms with E-state index in [2.05, 4.69) is 13.2 Å². The van der Waals surface area contributed by atoms with Crippen LogP contribution in [0.15, 0.2) is 43.5 Å². The first-order chi connectivity index (χ1) is 8.10. The van der Waals surface area contributed by atoms with Crippen molar-refractivity contribution >= 4 is 5.91 Å². The zero-order chi connectivity index (χ0) is 12.8. The van der Waals surface area contributed by atoms with Gasteiger partial charge in [-0.2, -0.15) is 0 Å². The summed E-state index contributed by atoms with van der Waals surface area (Å²) in [5.74, 6) is -2.39. The lowest BCUT2D eigenvalue weighted by Crippen LogP contribution is -2.31. The maximum atomic E-state index is 13.0. The molecule has 0 aromatic heterocycles. The molecule has 0 radical (unpaired) electrons. The van der Waals surface area contributed by atoms with Crippen LogP contribution in [0.25, 0.3) is 0 Å². The Kier molecular flexibility index (Phi) is 4.57. The summed E-state index contributed by atoms with van der Waals surface area (Å²) in [6.45, 7) is 7.70. The summed E-state index contributed by atoms with van der Waals surface area (Å²) in [6, 6.07) is 3.07. The molecule has 0 aliphatic heterocycles. The lowest BCUT2D eigenvalue weighted by Gasteiger charge is -2.19. The van der Waals surface area contributed by atoms with Crippen molar-refractivity contribution < 1.29 is 13.6 Å². The molecule has 1 amide bonds. The van der Waals surface area contributed by atoms with Crippen molar-refractivity contribution in [3.63, 3.8) is 0 Å². The van der Waals surface area contributed by atoms with Crippen molar-refractivity contribution in [3.8, 4) is 0 Å². The van der Waals surface area contributed by atoms with E-state index in [1.807, 2.05) is 0 Å². The van der Waals surface area contributed by atoms with Gasteiger partial charge in [-0.1, -0.05) is 12.2 Å². The van der Waals surface area contributed by atoms with Gasteiger partial charge in [-0.3, -0.25) is 4.79 Å². The van der Waals surface area contributed by atoms with E-state index in [0.717, 1.165) is 12.1 Å². The Hall–Kier alpha value is -1.97. The van der Waals surface area contributed by atoms with Gasteiger partial charge in [0.05, 0.1) is 0 Å². The van der Waals surface area contributed by atoms with Crippen LogP contribution in [0.4, 0.5) is 8.78 Å². The van der Waals surface area contributed by atoms with Gasteiger partial charge in [0, 0.05) is 18.7 Å². The van der Waals surface area contributed by atoms with Gasteiger partial charge >= 0.3 is 0 Å². The fourth-order valence-corrected chi connectivity index (χ4v) is 1.36. The topological polar surface area (TPSA) is 20.3 Å². The molecule has 2 nitrogen and oxygen atoms in total. The maximum absolute atomic E-state index is 13.0. The SMILES string of the molecule is C=CCN(CC=C)C(=O)c1ccc(F)c(F)c1. The highest BCUT2D eigenvalue weighted by Gasteiger charge is 2.15. The Bertz CT molecular complexity index is 433. The molecule has 0 unspecified atom stereocenters. The Morgan fingerprint density at radius 2 is 1.76 bits per heavy atom. The van der Waals surface area contributed by atoms with Crippen molar-refractivity contribution in [2.45, 2.75) is 0 Å². The molecule has 4 heteroatoms. The zero-order valence-electron chi connectivity index (χ0n) is 9.33. The molecule has 0 aliphatic rings. The third-order valence-corrected chi connectivity index (χ3v) is 2.15. The van der Waals surface area contributed by atoms with E-state index in [0.29, 0.717) is 13.1 Å². The lowest BCUT2D eigenvalue weighted by atomic mass is 10.2. The normalized spacial score (nSPS) is 9.76. The molecule has 90 valence electrons. The molecule has 0 fully saturated rings. The number of carbonyl (C=O) groups excluding carboxylic acids is 1. The van der Waals surface area contributed by atoms with Crippen LogP contribution in [0, 0.1) is 11.6 Å². The largest absolute Gasteiger partial charge is 0.331 e. The summed E-state index contributed by atoms with van der Waals surface area (Å²) in [6.07, 6.45) is 3.11. The fraction of sp³-hybridized carbons (Fsp3) is 0.154. The average Bonchev–Trinajstić information content (AvgIpc) is 2.31. The van der Waals surface area contributed by atoms with Crippen LogP contribution in [-0.4, -0.2) is 23.9 Å². The van der Waals surface area contributed by atoms with Crippen LogP contribution in [0.1, 0.15) is 10.4 Å². The van der Waals surface area contributed by atoms with E-state index >= 15 is 0 Å². The molecule has 0 bridgehead atoms. The first kappa shape index (κ1) is 13.1. The van der Waals surface area contributed by atoms with Crippen molar-refractivity contribution in [3.05, 3.63) is 60.7 Å². The number of hydrogen-bond donors (Lipinski definition) is 0. The van der Waals surface area contributed by atoms with Crippen LogP contribution in [-0.2, 0) is 0 Å². The molecule has 1 aromatic rings. The van der Waals surface area contributed by atoms with Gasteiger partial charge in [-0.15, -0.1) is 13.2 Å². The summed E-state index contributed by atoms with van der Waals surface area (Å²) in [5, 5.41) is 0. The number of rotatable bonds is 5. The number of nitrogens with zero attached hydrogens (tertiary/aromatic N) is 1. The van der Waals surface area contributed by atoms with Crippen molar-refractivity contribution in [2.75, 3.05) is 13.1 Å². The molecule has 1 aromatic carbocycles. The second-order valence-corrected chi connectivity index (χ2v) is 3.42. The monoisotopic (exact) mass is 237 g/mol. The van der Waals surface area contributed by atoms with E-state index in [1.54, 1.807) is 12.2 Å². The van der Waals surface area contributed by atoms with Crippen molar-refractivity contribution in [2.24, 2.45) is 0 Å². The Morgan fingerprint density at radius 3 is 2.24 bits per heavy atom. The molecule has 0 saturated carbocycles. The molecule has 0 N–H and O–H groups in total. The smallest absolute Gasteiger partial charge is 0.254 e. The molecule has 0 spiro atoms. The van der Waals surface area contributed by atoms with Gasteiger partial charge in [0.1, 0.15) is 0 Å². The lowest BCUT2D eigenvalue weighted by molar-refractivity contribution is 0.0790. The van der Waals surface area contributed by atoms with E-state index in [1.165, 1.54) is 11.0 Å². The summed E-state index contributed by atoms with van der Waals surface area (Å²) in [4.78, 5) is 13.4. The van der Waals surface area contributed by atoms with Crippen molar-refractivity contribution in [1.82, 2.24) is 4.90 Å². The standard InChI is InChI=1S/C13H13F2NO/c1-3-7-16(8-4-2)13(17)10-5-6-11(14)12(15)9-10/h3-6,9H,1-2,7-8H2. The van der Waals surface area contributed by atoms with Gasteiger partial charge in [0.25, 0.3) is 5.91 Å². The van der Waals surface area contributed by atoms with E-state index in [-0.39, 0.29) is 11.5 Å². The zero-order valence-corrected chi connectivity index (χ0v) is 9.33. The highest BCUT2D eigenvalue weighted by atomic mass is 19.2. The van der Waals surface area contributed by atoms with Gasteiger partial charge in [0.2, 0.25) is 0 Å². The molecule has 1 rings (SSSR count). The fourth-order valence-electron chi connectivity index (χ4n) is 1.36. The van der Waals surface area contributed by atoms with Gasteiger partial charge in [0.15, 0.2) is 11.6 Å². The molecule has 0 aliphatic carbocycles. The molecule has 17 heavy (non-hydrogen) atoms. The number of amides is 1. The molecular weight excluding hydrogens is 224 g/mol. The highest BCUT2D eigenvalue weighted by molar-refractivity contribution is 5.94. The summed E-state index contributed by atoms with van der Waals surface area (Å²) in [7, 11) is 0. The van der Waals surface area contributed by atoms with Crippen LogP contribution >= 0.6 is 0 Å². The number of halogens is 2. The minimum atomic E-state index is -1.03. The highest BCUT2D eigenvalue weighted by Crippen LogP contribution is 2.11. The molecule has 0 heterocycles. The Balaban J connectivity index is 2.95. The number of carbonyl (C=O) groups is 1. The second kappa shape index (κ2) is 5.94. The van der Waals surface area contributed by atoms with E-state index < -0.39 is 11.6 Å². The quantitative estimate of drug-likeness (QED) is 0.721. The predicted molar refractivity (Wildman–Crippen MR) is 62.7 cm³/mol. The first-order valence-corrected chi connectivity index (χ1v) is 5.06.